The Bertz CT molecular complexity index is 1650. The molecule has 0 aliphatic rings. The molecule has 8 heteroatoms. The van der Waals surface area contributed by atoms with Crippen molar-refractivity contribution in [1.29, 1.82) is 0 Å². The summed E-state index contributed by atoms with van der Waals surface area (Å²) in [6.45, 7) is 6.41. The Kier molecular flexibility index (Phi) is 4.74. The molecule has 0 radical (unpaired) electrons. The first kappa shape index (κ1) is 20.8. The van der Waals surface area contributed by atoms with Gasteiger partial charge in [0.25, 0.3) is 5.56 Å². The zero-order valence-corrected chi connectivity index (χ0v) is 19.3. The van der Waals surface area contributed by atoms with E-state index in [9.17, 15) is 9.59 Å². The fourth-order valence-corrected chi connectivity index (χ4v) is 4.22. The fraction of sp³-hybridized carbons (Fsp3) is 0.240. The number of nitrogens with zero attached hydrogens (tertiary/aromatic N) is 5. The maximum Gasteiger partial charge on any atom is 0.332 e. The number of rotatable bonds is 4. The lowest BCUT2D eigenvalue weighted by molar-refractivity contribution is 0.305. The van der Waals surface area contributed by atoms with E-state index in [1.165, 1.54) is 17.2 Å². The van der Waals surface area contributed by atoms with E-state index >= 15 is 0 Å². The normalized spacial score (nSPS) is 11.5. The molecule has 168 valence electrons. The van der Waals surface area contributed by atoms with Crippen LogP contribution in [0, 0.1) is 20.8 Å². The number of aromatic nitrogens is 5. The molecule has 3 aromatic heterocycles. The van der Waals surface area contributed by atoms with Gasteiger partial charge in [-0.05, 0) is 38.5 Å². The molecule has 5 aromatic rings. The molecule has 0 atom stereocenters. The molecular weight excluding hydrogens is 418 g/mol. The molecular formula is C25H25N5O3. The Morgan fingerprint density at radius 2 is 1.58 bits per heavy atom. The van der Waals surface area contributed by atoms with Gasteiger partial charge >= 0.3 is 5.69 Å². The third-order valence-electron chi connectivity index (χ3n) is 6.26. The monoisotopic (exact) mass is 443 g/mol. The van der Waals surface area contributed by atoms with Gasteiger partial charge in [-0.3, -0.25) is 22.9 Å². The second-order valence-electron chi connectivity index (χ2n) is 8.37. The quantitative estimate of drug-likeness (QED) is 0.428. The highest BCUT2D eigenvalue weighted by atomic mass is 16.5. The summed E-state index contributed by atoms with van der Waals surface area (Å²) in [6.07, 6.45) is 0. The maximum atomic E-state index is 13.0. The van der Waals surface area contributed by atoms with E-state index in [0.29, 0.717) is 29.3 Å². The van der Waals surface area contributed by atoms with Crippen molar-refractivity contribution >= 4 is 16.9 Å². The van der Waals surface area contributed by atoms with Crippen LogP contribution in [0.2, 0.25) is 0 Å². The average Bonchev–Trinajstić information content (AvgIpc) is 3.31. The summed E-state index contributed by atoms with van der Waals surface area (Å²) in [4.78, 5) is 30.2. The number of aryl methyl sites for hydroxylation is 3. The van der Waals surface area contributed by atoms with Crippen LogP contribution in [0.15, 0.2) is 58.1 Å². The summed E-state index contributed by atoms with van der Waals surface area (Å²) in [7, 11) is 3.11. The van der Waals surface area contributed by atoms with Crippen LogP contribution in [0.1, 0.15) is 22.5 Å². The highest BCUT2D eigenvalue weighted by molar-refractivity contribution is 5.77. The molecule has 0 N–H and O–H groups in total. The van der Waals surface area contributed by atoms with E-state index in [4.69, 9.17) is 9.72 Å². The predicted molar refractivity (Wildman–Crippen MR) is 127 cm³/mol. The Hall–Kier alpha value is -4.07. The summed E-state index contributed by atoms with van der Waals surface area (Å²) in [5, 5.41) is 0. The van der Waals surface area contributed by atoms with Crippen molar-refractivity contribution in [3.05, 3.63) is 91.9 Å². The van der Waals surface area contributed by atoms with Gasteiger partial charge in [0, 0.05) is 25.5 Å². The minimum atomic E-state index is -0.406. The molecule has 0 aliphatic carbocycles. The van der Waals surface area contributed by atoms with Crippen LogP contribution in [-0.4, -0.2) is 23.1 Å². The van der Waals surface area contributed by atoms with E-state index in [0.717, 1.165) is 27.2 Å². The third-order valence-corrected chi connectivity index (χ3v) is 6.26. The van der Waals surface area contributed by atoms with Crippen LogP contribution in [0.4, 0.5) is 0 Å². The summed E-state index contributed by atoms with van der Waals surface area (Å²) in [6, 6.07) is 16.0. The van der Waals surface area contributed by atoms with E-state index in [1.54, 1.807) is 7.05 Å². The Morgan fingerprint density at radius 3 is 2.30 bits per heavy atom. The first-order chi connectivity index (χ1) is 15.8. The van der Waals surface area contributed by atoms with E-state index in [1.807, 2.05) is 47.1 Å². The van der Waals surface area contributed by atoms with Crippen molar-refractivity contribution in [3.8, 4) is 11.4 Å². The van der Waals surface area contributed by atoms with Gasteiger partial charge in [-0.1, -0.05) is 42.0 Å². The van der Waals surface area contributed by atoms with Gasteiger partial charge in [0.05, 0.1) is 5.69 Å². The van der Waals surface area contributed by atoms with Crippen molar-refractivity contribution in [2.75, 3.05) is 0 Å². The van der Waals surface area contributed by atoms with Crippen molar-refractivity contribution in [3.63, 3.8) is 0 Å². The molecule has 0 unspecified atom stereocenters. The van der Waals surface area contributed by atoms with Gasteiger partial charge in [-0.25, -0.2) is 4.79 Å². The van der Waals surface area contributed by atoms with Crippen LogP contribution < -0.4 is 16.0 Å². The fourth-order valence-electron chi connectivity index (χ4n) is 4.22. The largest absolute Gasteiger partial charge is 0.487 e. The van der Waals surface area contributed by atoms with Crippen molar-refractivity contribution in [2.24, 2.45) is 14.1 Å². The molecule has 5 rings (SSSR count). The smallest absolute Gasteiger partial charge is 0.332 e. The second kappa shape index (κ2) is 7.51. The first-order valence-corrected chi connectivity index (χ1v) is 10.7. The molecule has 2 aromatic carbocycles. The molecule has 0 spiro atoms. The number of benzene rings is 2. The highest BCUT2D eigenvalue weighted by Gasteiger charge is 2.23. The zero-order chi connectivity index (χ0) is 23.4. The number of hydrogen-bond acceptors (Lipinski definition) is 4. The molecule has 0 amide bonds. The maximum absolute atomic E-state index is 13.0. The van der Waals surface area contributed by atoms with E-state index in [-0.39, 0.29) is 5.56 Å². The predicted octanol–water partition coefficient (Wildman–Crippen LogP) is 3.18. The lowest BCUT2D eigenvalue weighted by Gasteiger charge is -2.14. The number of hydrogen-bond donors (Lipinski definition) is 0. The van der Waals surface area contributed by atoms with E-state index in [2.05, 4.69) is 31.2 Å². The molecule has 3 heterocycles. The van der Waals surface area contributed by atoms with Gasteiger partial charge < -0.3 is 4.74 Å². The molecule has 0 saturated heterocycles. The number of imidazole rings is 2. The zero-order valence-electron chi connectivity index (χ0n) is 19.3. The van der Waals surface area contributed by atoms with Crippen molar-refractivity contribution in [1.82, 2.24) is 23.1 Å². The molecule has 0 aliphatic heterocycles. The van der Waals surface area contributed by atoms with Crippen LogP contribution in [0.5, 0.6) is 5.75 Å². The topological polar surface area (TPSA) is 75.5 Å². The van der Waals surface area contributed by atoms with Gasteiger partial charge in [0.15, 0.2) is 11.2 Å². The number of para-hydroxylation sites is 2. The van der Waals surface area contributed by atoms with Crippen molar-refractivity contribution < 1.29 is 4.74 Å². The number of fused-ring (bicyclic) bond motifs is 3. The Balaban J connectivity index is 1.72. The lowest BCUT2D eigenvalue weighted by atomic mass is 10.2. The summed E-state index contributed by atoms with van der Waals surface area (Å²) in [5.41, 5.74) is 4.86. The van der Waals surface area contributed by atoms with E-state index < -0.39 is 5.69 Å². The molecule has 8 nitrogen and oxygen atoms in total. The summed E-state index contributed by atoms with van der Waals surface area (Å²) < 4.78 is 12.5. The van der Waals surface area contributed by atoms with Gasteiger partial charge in [-0.15, -0.1) is 0 Å². The third kappa shape index (κ3) is 3.09. The van der Waals surface area contributed by atoms with Crippen molar-refractivity contribution in [2.45, 2.75) is 27.4 Å². The SMILES string of the molecule is Cc1ccc(COc2ccccc2-n2c(C)c(C)n3c4c(=O)n(C)c(=O)n(C)c4nc23)cc1. The standard InChI is InChI=1S/C25H25N5O3/c1-15-10-12-18(13-11-15)14-33-20-9-7-6-8-19(20)29-16(2)17(3)30-21-22(26-24(29)30)27(4)25(32)28(5)23(21)31/h6-13H,14H2,1-5H3. The first-order valence-electron chi connectivity index (χ1n) is 10.7. The average molecular weight is 444 g/mol. The van der Waals surface area contributed by atoms with Gasteiger partial charge in [-0.2, -0.15) is 4.98 Å². The lowest BCUT2D eigenvalue weighted by Crippen LogP contribution is -2.37. The molecule has 0 fully saturated rings. The van der Waals surface area contributed by atoms with Crippen LogP contribution in [0.25, 0.3) is 22.6 Å². The minimum Gasteiger partial charge on any atom is -0.487 e. The minimum absolute atomic E-state index is 0.355. The second-order valence-corrected chi connectivity index (χ2v) is 8.37. The van der Waals surface area contributed by atoms with Crippen LogP contribution in [0.3, 0.4) is 0 Å². The summed E-state index contributed by atoms with van der Waals surface area (Å²) >= 11 is 0. The highest BCUT2D eigenvalue weighted by Crippen LogP contribution is 2.30. The number of ether oxygens (including phenoxy) is 1. The van der Waals surface area contributed by atoms with Gasteiger partial charge in [0.2, 0.25) is 5.78 Å². The molecule has 0 saturated carbocycles. The van der Waals surface area contributed by atoms with Crippen LogP contribution in [-0.2, 0) is 20.7 Å². The van der Waals surface area contributed by atoms with Gasteiger partial charge in [0.1, 0.15) is 12.4 Å². The molecule has 0 bridgehead atoms. The molecule has 33 heavy (non-hydrogen) atoms. The summed E-state index contributed by atoms with van der Waals surface area (Å²) in [5.74, 6) is 1.26. The Labute approximate surface area is 189 Å². The van der Waals surface area contributed by atoms with Crippen LogP contribution >= 0.6 is 0 Å². The Morgan fingerprint density at radius 1 is 0.879 bits per heavy atom.